The Morgan fingerprint density at radius 2 is 1.87 bits per heavy atom. The largest absolute Gasteiger partial charge is 0.493 e. The molecule has 0 saturated carbocycles. The summed E-state index contributed by atoms with van der Waals surface area (Å²) >= 11 is 1.16. The van der Waals surface area contributed by atoms with Crippen molar-refractivity contribution in [2.75, 3.05) is 48.3 Å². The van der Waals surface area contributed by atoms with Gasteiger partial charge in [0.1, 0.15) is 5.70 Å². The fourth-order valence-electron chi connectivity index (χ4n) is 4.31. The minimum atomic E-state index is -0.303. The van der Waals surface area contributed by atoms with Crippen LogP contribution in [0.25, 0.3) is 6.08 Å². The molecule has 202 valence electrons. The number of hydrogen-bond acceptors (Lipinski definition) is 9. The van der Waals surface area contributed by atoms with Gasteiger partial charge in [0.05, 0.1) is 43.5 Å². The van der Waals surface area contributed by atoms with E-state index in [2.05, 4.69) is 20.6 Å². The molecule has 0 bridgehead atoms. The zero-order chi connectivity index (χ0) is 27.2. The number of aliphatic imine (C=N–C) groups is 1. The Morgan fingerprint density at radius 3 is 2.62 bits per heavy atom. The normalized spacial score (nSPS) is 16.4. The first-order valence-electron chi connectivity index (χ1n) is 12.5. The highest BCUT2D eigenvalue weighted by atomic mass is 32.2. The molecular weight excluding hydrogens is 520 g/mol. The molecule has 39 heavy (non-hydrogen) atoms. The zero-order valence-electron chi connectivity index (χ0n) is 21.7. The van der Waals surface area contributed by atoms with Crippen LogP contribution >= 0.6 is 11.8 Å². The predicted molar refractivity (Wildman–Crippen MR) is 148 cm³/mol. The second-order valence-electron chi connectivity index (χ2n) is 8.85. The van der Waals surface area contributed by atoms with Crippen LogP contribution in [0.2, 0.25) is 0 Å². The Morgan fingerprint density at radius 1 is 1.10 bits per heavy atom. The SMILES string of the molecule is COc1ccc(/C=C2/N=C(SCC(=O)Nc3c[n+](N4CCCCC4)no3)N(c3ccccc3)C2=O)cc1OC. The maximum atomic E-state index is 13.4. The number of methoxy groups -OCH3 is 2. The van der Waals surface area contributed by atoms with Crippen LogP contribution in [0.3, 0.4) is 0 Å². The van der Waals surface area contributed by atoms with Gasteiger partial charge in [-0.2, -0.15) is 5.01 Å². The summed E-state index contributed by atoms with van der Waals surface area (Å²) in [6.07, 6.45) is 6.73. The van der Waals surface area contributed by atoms with E-state index in [4.69, 9.17) is 14.0 Å². The minimum absolute atomic E-state index is 0.0174. The lowest BCUT2D eigenvalue weighted by Gasteiger charge is -2.17. The van der Waals surface area contributed by atoms with Gasteiger partial charge in [0.2, 0.25) is 11.2 Å². The third kappa shape index (κ3) is 6.06. The third-order valence-corrected chi connectivity index (χ3v) is 7.17. The number of piperidine rings is 1. The maximum Gasteiger partial charge on any atom is 0.305 e. The van der Waals surface area contributed by atoms with Crippen LogP contribution in [0.1, 0.15) is 24.8 Å². The molecule has 5 rings (SSSR count). The molecule has 0 spiro atoms. The Labute approximate surface area is 230 Å². The van der Waals surface area contributed by atoms with Gasteiger partial charge in [-0.05, 0) is 55.2 Å². The molecule has 3 aromatic rings. The van der Waals surface area contributed by atoms with Gasteiger partial charge in [0, 0.05) is 0 Å². The van der Waals surface area contributed by atoms with E-state index in [9.17, 15) is 9.59 Å². The van der Waals surface area contributed by atoms with Gasteiger partial charge in [-0.3, -0.25) is 24.3 Å². The Balaban J connectivity index is 1.31. The van der Waals surface area contributed by atoms with Gasteiger partial charge in [-0.15, -0.1) is 0 Å². The number of ether oxygens (including phenoxy) is 2. The highest BCUT2D eigenvalue weighted by Crippen LogP contribution is 2.32. The first-order valence-corrected chi connectivity index (χ1v) is 13.5. The second-order valence-corrected chi connectivity index (χ2v) is 9.79. The number of thioether (sulfide) groups is 1. The molecule has 2 amide bonds. The van der Waals surface area contributed by atoms with Gasteiger partial charge in [0.25, 0.3) is 12.1 Å². The van der Waals surface area contributed by atoms with Crippen molar-refractivity contribution in [2.45, 2.75) is 19.3 Å². The summed E-state index contributed by atoms with van der Waals surface area (Å²) in [5.74, 6) is 0.802. The third-order valence-electron chi connectivity index (χ3n) is 6.23. The first kappa shape index (κ1) is 26.3. The van der Waals surface area contributed by atoms with Crippen LogP contribution in [-0.2, 0) is 9.59 Å². The number of anilines is 2. The molecular formula is C27H29N6O5S+. The van der Waals surface area contributed by atoms with Crippen LogP contribution in [0.4, 0.5) is 11.6 Å². The summed E-state index contributed by atoms with van der Waals surface area (Å²) in [4.78, 5) is 33.9. The molecule has 11 nitrogen and oxygen atoms in total. The van der Waals surface area contributed by atoms with Crippen molar-refractivity contribution >= 4 is 46.4 Å². The molecule has 0 aliphatic carbocycles. The molecule has 1 saturated heterocycles. The number of carbonyl (C=O) groups is 2. The molecule has 2 aromatic carbocycles. The van der Waals surface area contributed by atoms with Gasteiger partial charge < -0.3 is 9.47 Å². The first-order chi connectivity index (χ1) is 19.1. The highest BCUT2D eigenvalue weighted by molar-refractivity contribution is 8.14. The van der Waals surface area contributed by atoms with E-state index in [1.807, 2.05) is 36.4 Å². The van der Waals surface area contributed by atoms with Crippen LogP contribution in [0, 0.1) is 0 Å². The van der Waals surface area contributed by atoms with Crippen molar-refractivity contribution < 1.29 is 28.4 Å². The van der Waals surface area contributed by atoms with Gasteiger partial charge >= 0.3 is 5.88 Å². The molecule has 0 atom stereocenters. The monoisotopic (exact) mass is 549 g/mol. The summed E-state index contributed by atoms with van der Waals surface area (Å²) in [7, 11) is 3.11. The molecule has 12 heteroatoms. The smallest absolute Gasteiger partial charge is 0.305 e. The van der Waals surface area contributed by atoms with Crippen LogP contribution in [-0.4, -0.2) is 55.3 Å². The summed E-state index contributed by atoms with van der Waals surface area (Å²) in [5, 5.41) is 9.21. The molecule has 1 aromatic heterocycles. The van der Waals surface area contributed by atoms with Crippen molar-refractivity contribution in [3.63, 3.8) is 0 Å². The minimum Gasteiger partial charge on any atom is -0.493 e. The van der Waals surface area contributed by atoms with E-state index in [0.29, 0.717) is 22.4 Å². The number of nitrogens with zero attached hydrogens (tertiary/aromatic N) is 5. The molecule has 0 radical (unpaired) electrons. The van der Waals surface area contributed by atoms with E-state index >= 15 is 0 Å². The lowest BCUT2D eigenvalue weighted by molar-refractivity contribution is -0.759. The van der Waals surface area contributed by atoms with Gasteiger partial charge in [0.15, 0.2) is 16.7 Å². The number of aromatic nitrogens is 2. The maximum absolute atomic E-state index is 13.4. The number of carbonyl (C=O) groups excluding carboxylic acids is 2. The van der Waals surface area contributed by atoms with Crippen LogP contribution in [0.15, 0.2) is 69.9 Å². The van der Waals surface area contributed by atoms with Crippen molar-refractivity contribution in [3.8, 4) is 11.5 Å². The van der Waals surface area contributed by atoms with Crippen LogP contribution in [0.5, 0.6) is 11.5 Å². The van der Waals surface area contributed by atoms with E-state index in [0.717, 1.165) is 43.3 Å². The number of amidine groups is 1. The summed E-state index contributed by atoms with van der Waals surface area (Å²) < 4.78 is 16.0. The van der Waals surface area contributed by atoms with Gasteiger partial charge in [-0.25, -0.2) is 4.99 Å². The summed E-state index contributed by atoms with van der Waals surface area (Å²) in [5.41, 5.74) is 1.62. The molecule has 2 aliphatic heterocycles. The number of nitrogens with one attached hydrogen (secondary N) is 1. The number of hydrogen-bond donors (Lipinski definition) is 1. The summed E-state index contributed by atoms with van der Waals surface area (Å²) in [6.45, 7) is 1.78. The van der Waals surface area contributed by atoms with Crippen molar-refractivity contribution in [2.24, 2.45) is 4.99 Å². The molecule has 1 N–H and O–H groups in total. The number of amides is 2. The Hall–Kier alpha value is -4.32. The average Bonchev–Trinajstić information content (AvgIpc) is 3.56. The average molecular weight is 550 g/mol. The standard InChI is InChI=1S/C27H28N6O5S/c1-36-22-12-11-19(16-23(22)37-2)15-21-26(35)33(20-9-5-3-6-10-20)27(28-21)39-18-24(34)29-25-17-32(30-38-25)31-13-7-4-8-14-31/h3,5-6,9-12,15-17H,4,7-8,13-14,18H2,1-2H3/p+1/b21-15+. The zero-order valence-corrected chi connectivity index (χ0v) is 22.5. The number of rotatable bonds is 8. The molecule has 1 fully saturated rings. The second kappa shape index (κ2) is 12.0. The fraction of sp³-hybridized carbons (Fsp3) is 0.296. The van der Waals surface area contributed by atoms with Crippen molar-refractivity contribution in [1.82, 2.24) is 5.27 Å². The van der Waals surface area contributed by atoms with Gasteiger partial charge in [-0.1, -0.05) is 36.0 Å². The lowest BCUT2D eigenvalue weighted by Crippen LogP contribution is -2.60. The van der Waals surface area contributed by atoms with E-state index < -0.39 is 0 Å². The Bertz CT molecular complexity index is 1400. The highest BCUT2D eigenvalue weighted by Gasteiger charge is 2.32. The molecule has 3 heterocycles. The van der Waals surface area contributed by atoms with Crippen molar-refractivity contribution in [3.05, 3.63) is 66.0 Å². The quantitative estimate of drug-likeness (QED) is 0.337. The van der Waals surface area contributed by atoms with E-state index in [1.54, 1.807) is 43.4 Å². The number of para-hydroxylation sites is 1. The van der Waals surface area contributed by atoms with E-state index in [-0.39, 0.29) is 29.1 Å². The fourth-order valence-corrected chi connectivity index (χ4v) is 5.12. The summed E-state index contributed by atoms with van der Waals surface area (Å²) in [6, 6.07) is 14.5. The topological polar surface area (TPSA) is 113 Å². The molecule has 0 unspecified atom stereocenters. The van der Waals surface area contributed by atoms with E-state index in [1.165, 1.54) is 11.3 Å². The Kier molecular flexibility index (Phi) is 8.11. The van der Waals surface area contributed by atoms with Crippen LogP contribution < -0.4 is 29.5 Å². The number of benzene rings is 2. The molecule has 2 aliphatic rings. The van der Waals surface area contributed by atoms with Crippen molar-refractivity contribution in [1.29, 1.82) is 0 Å². The lowest BCUT2D eigenvalue weighted by atomic mass is 10.1. The predicted octanol–water partition coefficient (Wildman–Crippen LogP) is 3.22.